The van der Waals surface area contributed by atoms with E-state index in [4.69, 9.17) is 0 Å². The van der Waals surface area contributed by atoms with Crippen LogP contribution in [-0.2, 0) is 4.79 Å². The van der Waals surface area contributed by atoms with Crippen molar-refractivity contribution in [3.05, 3.63) is 71.3 Å². The molecule has 1 amide bonds. The lowest BCUT2D eigenvalue weighted by Crippen LogP contribution is -2.43. The summed E-state index contributed by atoms with van der Waals surface area (Å²) in [4.78, 5) is 26.1. The summed E-state index contributed by atoms with van der Waals surface area (Å²) in [5.41, 5.74) is 2.36. The third kappa shape index (κ3) is 2.97. The smallest absolute Gasteiger partial charge is 0.327 e. The summed E-state index contributed by atoms with van der Waals surface area (Å²) in [6.45, 7) is 1.86. The van der Waals surface area contributed by atoms with E-state index in [-0.39, 0.29) is 11.3 Å². The third-order valence-corrected chi connectivity index (χ3v) is 5.30. The quantitative estimate of drug-likeness (QED) is 0.939. The molecule has 23 heavy (non-hydrogen) atoms. The first-order valence-corrected chi connectivity index (χ1v) is 8.42. The van der Waals surface area contributed by atoms with Gasteiger partial charge in [-0.25, -0.2) is 4.79 Å². The monoisotopic (exact) mass is 327 g/mol. The Kier molecular flexibility index (Phi) is 4.39. The molecule has 0 spiro atoms. The highest BCUT2D eigenvalue weighted by Gasteiger charge is 2.42. The molecular formula is C18H17NO3S. The van der Waals surface area contributed by atoms with Crippen LogP contribution in [0.25, 0.3) is 0 Å². The molecule has 2 aromatic rings. The number of aliphatic carboxylic acids is 1. The minimum absolute atomic E-state index is 0.227. The fourth-order valence-corrected chi connectivity index (χ4v) is 4.19. The first-order chi connectivity index (χ1) is 11.1. The number of amides is 1. The number of carbonyl (C=O) groups excluding carboxylic acids is 1. The van der Waals surface area contributed by atoms with E-state index in [0.29, 0.717) is 11.3 Å². The summed E-state index contributed by atoms with van der Waals surface area (Å²) in [5.74, 6) is -0.792. The van der Waals surface area contributed by atoms with Crippen LogP contribution in [0.4, 0.5) is 0 Å². The molecule has 1 aliphatic rings. The number of carboxylic acids is 1. The van der Waals surface area contributed by atoms with Gasteiger partial charge in [-0.3, -0.25) is 4.79 Å². The number of aryl methyl sites for hydroxylation is 1. The van der Waals surface area contributed by atoms with Gasteiger partial charge in [0.05, 0.1) is 0 Å². The van der Waals surface area contributed by atoms with Gasteiger partial charge in [0.15, 0.2) is 0 Å². The van der Waals surface area contributed by atoms with Gasteiger partial charge in [0.25, 0.3) is 5.91 Å². The highest BCUT2D eigenvalue weighted by molar-refractivity contribution is 7.99. The molecule has 1 fully saturated rings. The van der Waals surface area contributed by atoms with Crippen molar-refractivity contribution in [2.24, 2.45) is 0 Å². The Hall–Kier alpha value is -2.27. The zero-order chi connectivity index (χ0) is 16.4. The van der Waals surface area contributed by atoms with Crippen LogP contribution in [0.1, 0.15) is 26.9 Å². The van der Waals surface area contributed by atoms with Gasteiger partial charge in [-0.1, -0.05) is 48.5 Å². The summed E-state index contributed by atoms with van der Waals surface area (Å²) in [5, 5.41) is 9.23. The van der Waals surface area contributed by atoms with Crippen LogP contribution in [0.3, 0.4) is 0 Å². The fraction of sp³-hybridized carbons (Fsp3) is 0.222. The number of benzene rings is 2. The zero-order valence-corrected chi connectivity index (χ0v) is 13.5. The first kappa shape index (κ1) is 15.6. The van der Waals surface area contributed by atoms with Crippen molar-refractivity contribution < 1.29 is 14.7 Å². The maximum absolute atomic E-state index is 13.0. The summed E-state index contributed by atoms with van der Waals surface area (Å²) < 4.78 is 0. The van der Waals surface area contributed by atoms with Gasteiger partial charge in [0.2, 0.25) is 0 Å². The second kappa shape index (κ2) is 6.46. The normalized spacial score (nSPS) is 20.5. The van der Waals surface area contributed by atoms with E-state index in [1.807, 2.05) is 49.4 Å². The Balaban J connectivity index is 2.01. The molecule has 5 heteroatoms. The van der Waals surface area contributed by atoms with Gasteiger partial charge in [-0.05, 0) is 24.1 Å². The van der Waals surface area contributed by atoms with Crippen LogP contribution < -0.4 is 0 Å². The molecule has 1 heterocycles. The molecule has 1 aliphatic heterocycles. The van der Waals surface area contributed by atoms with E-state index in [2.05, 4.69) is 0 Å². The SMILES string of the molecule is Cc1ccccc1C(=O)N1C(C(=O)O)CSC1c1ccccc1. The largest absolute Gasteiger partial charge is 0.480 e. The lowest BCUT2D eigenvalue weighted by molar-refractivity contribution is -0.141. The summed E-state index contributed by atoms with van der Waals surface area (Å²) in [6, 6.07) is 16.1. The van der Waals surface area contributed by atoms with Gasteiger partial charge >= 0.3 is 5.97 Å². The van der Waals surface area contributed by atoms with Crippen LogP contribution in [-0.4, -0.2) is 33.7 Å². The Morgan fingerprint density at radius 3 is 2.39 bits per heavy atom. The summed E-state index contributed by atoms with van der Waals surface area (Å²) >= 11 is 1.49. The van der Waals surface area contributed by atoms with Crippen molar-refractivity contribution in [3.63, 3.8) is 0 Å². The highest BCUT2D eigenvalue weighted by atomic mass is 32.2. The van der Waals surface area contributed by atoms with Crippen molar-refractivity contribution in [3.8, 4) is 0 Å². The molecule has 3 rings (SSSR count). The Morgan fingerprint density at radius 1 is 1.09 bits per heavy atom. The molecule has 2 atom stereocenters. The molecular weight excluding hydrogens is 310 g/mol. The number of thioether (sulfide) groups is 1. The molecule has 0 aromatic heterocycles. The van der Waals surface area contributed by atoms with E-state index < -0.39 is 12.0 Å². The Bertz CT molecular complexity index is 732. The minimum atomic E-state index is -0.960. The highest BCUT2D eigenvalue weighted by Crippen LogP contribution is 2.42. The number of carbonyl (C=O) groups is 2. The molecule has 4 nitrogen and oxygen atoms in total. The predicted octanol–water partition coefficient (Wildman–Crippen LogP) is 3.34. The van der Waals surface area contributed by atoms with E-state index in [1.54, 1.807) is 12.1 Å². The standard InChI is InChI=1S/C18H17NO3S/c1-12-7-5-6-10-14(12)16(20)19-15(18(21)22)11-23-17(19)13-8-3-2-4-9-13/h2-10,15,17H,11H2,1H3,(H,21,22). The van der Waals surface area contributed by atoms with E-state index >= 15 is 0 Å². The second-order valence-corrected chi connectivity index (χ2v) is 6.59. The first-order valence-electron chi connectivity index (χ1n) is 7.37. The van der Waals surface area contributed by atoms with Crippen LogP contribution in [0.15, 0.2) is 54.6 Å². The van der Waals surface area contributed by atoms with Crippen LogP contribution in [0.2, 0.25) is 0 Å². The van der Waals surface area contributed by atoms with E-state index in [0.717, 1.165) is 11.1 Å². The number of hydrogen-bond donors (Lipinski definition) is 1. The van der Waals surface area contributed by atoms with Crippen molar-refractivity contribution in [2.75, 3.05) is 5.75 Å². The summed E-state index contributed by atoms with van der Waals surface area (Å²) in [7, 11) is 0. The van der Waals surface area contributed by atoms with E-state index in [1.165, 1.54) is 16.7 Å². The number of hydrogen-bond acceptors (Lipinski definition) is 3. The topological polar surface area (TPSA) is 57.6 Å². The fourth-order valence-electron chi connectivity index (χ4n) is 2.77. The molecule has 118 valence electrons. The maximum atomic E-state index is 13.0. The number of rotatable bonds is 3. The average Bonchev–Trinajstić information content (AvgIpc) is 3.00. The molecule has 2 unspecified atom stereocenters. The molecule has 0 bridgehead atoms. The average molecular weight is 327 g/mol. The van der Waals surface area contributed by atoms with Gasteiger partial charge in [0.1, 0.15) is 11.4 Å². The lowest BCUT2D eigenvalue weighted by Gasteiger charge is -2.28. The minimum Gasteiger partial charge on any atom is -0.480 e. The molecule has 0 saturated carbocycles. The Labute approximate surface area is 139 Å². The Morgan fingerprint density at radius 2 is 1.74 bits per heavy atom. The van der Waals surface area contributed by atoms with Crippen molar-refractivity contribution >= 4 is 23.6 Å². The van der Waals surface area contributed by atoms with Crippen LogP contribution in [0, 0.1) is 6.92 Å². The molecule has 0 radical (unpaired) electrons. The third-order valence-electron chi connectivity index (χ3n) is 3.98. The molecule has 1 saturated heterocycles. The van der Waals surface area contributed by atoms with E-state index in [9.17, 15) is 14.7 Å². The molecule has 2 aromatic carbocycles. The number of carboxylic acid groups (broad SMARTS) is 1. The van der Waals surface area contributed by atoms with Gasteiger partial charge in [-0.2, -0.15) is 0 Å². The van der Waals surface area contributed by atoms with Gasteiger partial charge in [-0.15, -0.1) is 11.8 Å². The predicted molar refractivity (Wildman–Crippen MR) is 90.4 cm³/mol. The number of nitrogens with zero attached hydrogens (tertiary/aromatic N) is 1. The molecule has 1 N–H and O–H groups in total. The van der Waals surface area contributed by atoms with Crippen molar-refractivity contribution in [1.29, 1.82) is 0 Å². The summed E-state index contributed by atoms with van der Waals surface area (Å²) in [6.07, 6.45) is 0. The lowest BCUT2D eigenvalue weighted by atomic mass is 10.1. The maximum Gasteiger partial charge on any atom is 0.327 e. The molecule has 0 aliphatic carbocycles. The van der Waals surface area contributed by atoms with Crippen LogP contribution in [0.5, 0.6) is 0 Å². The van der Waals surface area contributed by atoms with Gasteiger partial charge < -0.3 is 10.0 Å². The van der Waals surface area contributed by atoms with Crippen molar-refractivity contribution in [1.82, 2.24) is 4.90 Å². The van der Waals surface area contributed by atoms with Crippen molar-refractivity contribution in [2.45, 2.75) is 18.3 Å². The van der Waals surface area contributed by atoms with Crippen LogP contribution >= 0.6 is 11.8 Å². The zero-order valence-electron chi connectivity index (χ0n) is 12.7. The van der Waals surface area contributed by atoms with Gasteiger partial charge in [0, 0.05) is 11.3 Å². The second-order valence-electron chi connectivity index (χ2n) is 5.48.